The number of anilines is 2. The number of amides is 2. The van der Waals surface area contributed by atoms with E-state index in [4.69, 9.17) is 9.15 Å². The molecule has 0 saturated carbocycles. The van der Waals surface area contributed by atoms with Gasteiger partial charge in [0.25, 0.3) is 11.8 Å². The van der Waals surface area contributed by atoms with Gasteiger partial charge in [-0.05, 0) is 60.7 Å². The first-order chi connectivity index (χ1) is 15.5. The summed E-state index contributed by atoms with van der Waals surface area (Å²) in [5.41, 5.74) is 1.75. The summed E-state index contributed by atoms with van der Waals surface area (Å²) in [6, 6.07) is 20.6. The Labute approximate surface area is 191 Å². The summed E-state index contributed by atoms with van der Waals surface area (Å²) >= 11 is 3.34. The monoisotopic (exact) mass is 492 g/mol. The van der Waals surface area contributed by atoms with Crippen LogP contribution in [0.5, 0.6) is 5.75 Å². The third-order valence-corrected chi connectivity index (χ3v) is 5.04. The Morgan fingerprint density at radius 2 is 1.59 bits per heavy atom. The largest absolute Gasteiger partial charge is 0.497 e. The minimum Gasteiger partial charge on any atom is -0.497 e. The zero-order chi connectivity index (χ0) is 22.5. The van der Waals surface area contributed by atoms with Gasteiger partial charge < -0.3 is 14.5 Å². The molecule has 9 heteroatoms. The molecule has 0 aliphatic carbocycles. The van der Waals surface area contributed by atoms with Crippen molar-refractivity contribution >= 4 is 39.4 Å². The molecule has 4 aromatic rings. The highest BCUT2D eigenvalue weighted by Crippen LogP contribution is 2.24. The number of nitrogens with one attached hydrogen (secondary N) is 2. The molecule has 0 saturated heterocycles. The highest BCUT2D eigenvalue weighted by atomic mass is 79.9. The second-order valence-corrected chi connectivity index (χ2v) is 7.52. The molecule has 0 unspecified atom stereocenters. The Morgan fingerprint density at radius 3 is 2.31 bits per heavy atom. The van der Waals surface area contributed by atoms with Crippen LogP contribution in [0.4, 0.5) is 11.7 Å². The van der Waals surface area contributed by atoms with E-state index in [2.05, 4.69) is 36.8 Å². The summed E-state index contributed by atoms with van der Waals surface area (Å²) in [5, 5.41) is 13.2. The maximum atomic E-state index is 12.8. The number of aromatic nitrogens is 2. The van der Waals surface area contributed by atoms with Crippen molar-refractivity contribution in [2.45, 2.75) is 0 Å². The minimum atomic E-state index is -0.498. The fraction of sp³-hybridized carbons (Fsp3) is 0.0435. The molecule has 160 valence electrons. The molecule has 4 rings (SSSR count). The van der Waals surface area contributed by atoms with Crippen molar-refractivity contribution in [3.05, 3.63) is 88.4 Å². The normalized spacial score (nSPS) is 10.4. The Hall–Kier alpha value is -3.98. The van der Waals surface area contributed by atoms with Crippen LogP contribution in [0.3, 0.4) is 0 Å². The van der Waals surface area contributed by atoms with Crippen molar-refractivity contribution in [2.24, 2.45) is 0 Å². The first kappa shape index (κ1) is 21.3. The number of rotatable bonds is 6. The lowest BCUT2D eigenvalue weighted by molar-refractivity contribution is 0.102. The third kappa shape index (κ3) is 4.84. The van der Waals surface area contributed by atoms with Gasteiger partial charge in [-0.1, -0.05) is 33.2 Å². The fourth-order valence-corrected chi connectivity index (χ4v) is 3.14. The van der Waals surface area contributed by atoms with Crippen molar-refractivity contribution in [3.8, 4) is 17.2 Å². The number of hydrogen-bond acceptors (Lipinski definition) is 6. The standard InChI is InChI=1S/C23H17BrN4O4/c1-31-17-12-8-15(9-13-17)22-27-28-23(32-22)26-21(30)18-4-2-3-5-19(18)25-20(29)14-6-10-16(24)11-7-14/h2-13H,1H3,(H,25,29)(H,26,28,30). The number of methoxy groups -OCH3 is 1. The van der Waals surface area contributed by atoms with Crippen LogP contribution in [0.2, 0.25) is 0 Å². The molecule has 0 aliphatic rings. The second-order valence-electron chi connectivity index (χ2n) is 6.60. The summed E-state index contributed by atoms with van der Waals surface area (Å²) in [6.45, 7) is 0. The topological polar surface area (TPSA) is 106 Å². The number of benzene rings is 3. The lowest BCUT2D eigenvalue weighted by Crippen LogP contribution is -2.18. The van der Waals surface area contributed by atoms with Gasteiger partial charge in [-0.25, -0.2) is 0 Å². The summed E-state index contributed by atoms with van der Waals surface area (Å²) in [5.74, 6) is 0.113. The van der Waals surface area contributed by atoms with Gasteiger partial charge in [0, 0.05) is 15.6 Å². The molecule has 1 heterocycles. The molecule has 32 heavy (non-hydrogen) atoms. The highest BCUT2D eigenvalue weighted by molar-refractivity contribution is 9.10. The summed E-state index contributed by atoms with van der Waals surface area (Å²) in [7, 11) is 1.58. The minimum absolute atomic E-state index is 0.0603. The van der Waals surface area contributed by atoms with E-state index in [1.54, 1.807) is 79.9 Å². The Balaban J connectivity index is 1.49. The number of nitrogens with zero attached hydrogens (tertiary/aromatic N) is 2. The zero-order valence-electron chi connectivity index (χ0n) is 16.8. The average molecular weight is 493 g/mol. The molecule has 0 spiro atoms. The smallest absolute Gasteiger partial charge is 0.322 e. The molecule has 0 atom stereocenters. The van der Waals surface area contributed by atoms with Crippen LogP contribution < -0.4 is 15.4 Å². The van der Waals surface area contributed by atoms with Gasteiger partial charge >= 0.3 is 6.01 Å². The van der Waals surface area contributed by atoms with Crippen molar-refractivity contribution in [2.75, 3.05) is 17.7 Å². The molecular formula is C23H17BrN4O4. The fourth-order valence-electron chi connectivity index (χ4n) is 2.87. The van der Waals surface area contributed by atoms with Crippen molar-refractivity contribution < 1.29 is 18.7 Å². The van der Waals surface area contributed by atoms with Crippen LogP contribution in [-0.2, 0) is 0 Å². The van der Waals surface area contributed by atoms with Gasteiger partial charge in [0.2, 0.25) is 5.89 Å². The Bertz CT molecular complexity index is 1250. The van der Waals surface area contributed by atoms with Gasteiger partial charge in [-0.2, -0.15) is 0 Å². The number of carbonyl (C=O) groups excluding carboxylic acids is 2. The van der Waals surface area contributed by atoms with Crippen LogP contribution in [0.15, 0.2) is 81.7 Å². The van der Waals surface area contributed by atoms with E-state index < -0.39 is 5.91 Å². The third-order valence-electron chi connectivity index (χ3n) is 4.51. The molecule has 0 bridgehead atoms. The van der Waals surface area contributed by atoms with E-state index in [1.165, 1.54) is 0 Å². The molecular weight excluding hydrogens is 476 g/mol. The molecule has 8 nitrogen and oxygen atoms in total. The van der Waals surface area contributed by atoms with Crippen LogP contribution >= 0.6 is 15.9 Å². The quantitative estimate of drug-likeness (QED) is 0.391. The Kier molecular flexibility index (Phi) is 6.27. The van der Waals surface area contributed by atoms with E-state index >= 15 is 0 Å². The van der Waals surface area contributed by atoms with Crippen LogP contribution in [0.25, 0.3) is 11.5 Å². The molecule has 1 aromatic heterocycles. The van der Waals surface area contributed by atoms with Crippen molar-refractivity contribution in [3.63, 3.8) is 0 Å². The van der Waals surface area contributed by atoms with E-state index in [0.717, 1.165) is 4.47 Å². The maximum Gasteiger partial charge on any atom is 0.322 e. The molecule has 2 amide bonds. The zero-order valence-corrected chi connectivity index (χ0v) is 18.4. The summed E-state index contributed by atoms with van der Waals surface area (Å²) < 4.78 is 11.5. The van der Waals surface area contributed by atoms with E-state index in [9.17, 15) is 9.59 Å². The van der Waals surface area contributed by atoms with Crippen LogP contribution in [-0.4, -0.2) is 29.1 Å². The molecule has 3 aromatic carbocycles. The van der Waals surface area contributed by atoms with Gasteiger partial charge in [0.05, 0.1) is 18.4 Å². The summed E-state index contributed by atoms with van der Waals surface area (Å²) in [6.07, 6.45) is 0. The van der Waals surface area contributed by atoms with Gasteiger partial charge in [-0.15, -0.1) is 5.10 Å². The van der Waals surface area contributed by atoms with Crippen molar-refractivity contribution in [1.82, 2.24) is 10.2 Å². The maximum absolute atomic E-state index is 12.8. The van der Waals surface area contributed by atoms with E-state index in [-0.39, 0.29) is 23.4 Å². The first-order valence-electron chi connectivity index (χ1n) is 9.49. The van der Waals surface area contributed by atoms with E-state index in [0.29, 0.717) is 22.6 Å². The Morgan fingerprint density at radius 1 is 0.875 bits per heavy atom. The molecule has 0 fully saturated rings. The predicted molar refractivity (Wildman–Crippen MR) is 123 cm³/mol. The number of para-hydroxylation sites is 1. The molecule has 2 N–H and O–H groups in total. The van der Waals surface area contributed by atoms with E-state index in [1.807, 2.05) is 0 Å². The number of hydrogen-bond donors (Lipinski definition) is 2. The van der Waals surface area contributed by atoms with Gasteiger partial charge in [-0.3, -0.25) is 14.9 Å². The number of halogens is 1. The highest BCUT2D eigenvalue weighted by Gasteiger charge is 2.17. The SMILES string of the molecule is COc1ccc(-c2nnc(NC(=O)c3ccccc3NC(=O)c3ccc(Br)cc3)o2)cc1. The summed E-state index contributed by atoms with van der Waals surface area (Å²) in [4.78, 5) is 25.4. The predicted octanol–water partition coefficient (Wildman–Crippen LogP) is 5.01. The number of ether oxygens (including phenoxy) is 1. The van der Waals surface area contributed by atoms with Crippen LogP contribution in [0.1, 0.15) is 20.7 Å². The van der Waals surface area contributed by atoms with Crippen LogP contribution in [0, 0.1) is 0 Å². The first-order valence-corrected chi connectivity index (χ1v) is 10.3. The second kappa shape index (κ2) is 9.44. The average Bonchev–Trinajstić information content (AvgIpc) is 3.28. The van der Waals surface area contributed by atoms with Gasteiger partial charge in [0.15, 0.2) is 0 Å². The molecule has 0 aliphatic heterocycles. The van der Waals surface area contributed by atoms with Crippen molar-refractivity contribution in [1.29, 1.82) is 0 Å². The number of carbonyl (C=O) groups is 2. The molecule has 0 radical (unpaired) electrons. The lowest BCUT2D eigenvalue weighted by atomic mass is 10.1. The van der Waals surface area contributed by atoms with Gasteiger partial charge in [0.1, 0.15) is 5.75 Å². The lowest BCUT2D eigenvalue weighted by Gasteiger charge is -2.10.